The van der Waals surface area contributed by atoms with Crippen LogP contribution in [0.5, 0.6) is 0 Å². The Kier molecular flexibility index (Phi) is 2.93. The Hall–Kier alpha value is -1.76. The Balaban J connectivity index is 2.26. The van der Waals surface area contributed by atoms with Gasteiger partial charge >= 0.3 is 11.9 Å². The minimum absolute atomic E-state index is 0.0412. The molecule has 0 unspecified atom stereocenters. The number of hydrogen-bond donors (Lipinski definition) is 1. The van der Waals surface area contributed by atoms with Crippen LogP contribution in [0.25, 0.3) is 0 Å². The normalized spacial score (nSPS) is 24.9. The number of ether oxygens (including phenoxy) is 1. The van der Waals surface area contributed by atoms with Crippen molar-refractivity contribution < 1.29 is 24.2 Å². The van der Waals surface area contributed by atoms with E-state index in [0.717, 1.165) is 6.26 Å². The molecule has 0 saturated carbocycles. The largest absolute Gasteiger partial charge is 0.478 e. The molecule has 2 rings (SSSR count). The zero-order valence-corrected chi connectivity index (χ0v) is 9.69. The minimum atomic E-state index is -1.16. The molecule has 2 aliphatic heterocycles. The Morgan fingerprint density at radius 3 is 2.88 bits per heavy atom. The van der Waals surface area contributed by atoms with Gasteiger partial charge in [-0.1, -0.05) is 11.8 Å². The fourth-order valence-electron chi connectivity index (χ4n) is 1.46. The van der Waals surface area contributed by atoms with Crippen molar-refractivity contribution in [3.63, 3.8) is 0 Å². The average Bonchev–Trinajstić information content (AvgIpc) is 2.24. The molecule has 1 saturated heterocycles. The Morgan fingerprint density at radius 1 is 1.65 bits per heavy atom. The van der Waals surface area contributed by atoms with E-state index in [9.17, 15) is 14.4 Å². The molecule has 6 nitrogen and oxygen atoms in total. The van der Waals surface area contributed by atoms with Gasteiger partial charge in [-0.2, -0.15) is 0 Å². The summed E-state index contributed by atoms with van der Waals surface area (Å²) in [7, 11) is 0. The van der Waals surface area contributed by atoms with Crippen molar-refractivity contribution in [2.75, 3.05) is 0 Å². The maximum Gasteiger partial charge on any atom is 0.338 e. The summed E-state index contributed by atoms with van der Waals surface area (Å²) in [4.78, 5) is 34.6. The van der Waals surface area contributed by atoms with Gasteiger partial charge in [0.2, 0.25) is 5.91 Å². The first-order valence-corrected chi connectivity index (χ1v) is 5.67. The number of nitrogens with zero attached hydrogens (tertiary/aromatic N) is 1. The molecular formula is C10H9NO5S. The van der Waals surface area contributed by atoms with Crippen molar-refractivity contribution in [3.8, 4) is 0 Å². The third-order valence-corrected chi connectivity index (χ3v) is 3.54. The van der Waals surface area contributed by atoms with E-state index in [1.165, 1.54) is 29.8 Å². The standard InChI is InChI=1S/C10H9NO5S/c1-5(12)16-4-7-6(10(14)15)3-11-8(13)2-9(11)17-7/h3-4,9H,2H2,1H3,(H,14,15)/t9-/m1/s1. The van der Waals surface area contributed by atoms with E-state index >= 15 is 0 Å². The first-order valence-electron chi connectivity index (χ1n) is 4.79. The fraction of sp³-hybridized carbons (Fsp3) is 0.300. The van der Waals surface area contributed by atoms with Crippen LogP contribution in [-0.4, -0.2) is 33.2 Å². The highest BCUT2D eigenvalue weighted by Crippen LogP contribution is 2.42. The molecule has 1 N–H and O–H groups in total. The van der Waals surface area contributed by atoms with Crippen molar-refractivity contribution in [2.45, 2.75) is 18.7 Å². The van der Waals surface area contributed by atoms with Gasteiger partial charge in [-0.15, -0.1) is 0 Å². The van der Waals surface area contributed by atoms with Crippen molar-refractivity contribution in [1.29, 1.82) is 0 Å². The SMILES string of the molecule is CC(=O)OC=C1S[C@@H]2CC(=O)N2C=C1C(=O)O. The highest BCUT2D eigenvalue weighted by atomic mass is 32.2. The molecule has 90 valence electrons. The second kappa shape index (κ2) is 4.25. The molecule has 17 heavy (non-hydrogen) atoms. The van der Waals surface area contributed by atoms with Gasteiger partial charge in [0, 0.05) is 13.1 Å². The zero-order valence-electron chi connectivity index (χ0n) is 8.87. The number of β-lactam (4-membered cyclic amide) rings is 1. The molecular weight excluding hydrogens is 246 g/mol. The summed E-state index contributed by atoms with van der Waals surface area (Å²) in [5.74, 6) is -1.78. The lowest BCUT2D eigenvalue weighted by atomic mass is 10.1. The fourth-order valence-corrected chi connectivity index (χ4v) is 2.64. The number of esters is 1. The van der Waals surface area contributed by atoms with Gasteiger partial charge in [0.25, 0.3) is 0 Å². The molecule has 2 aliphatic rings. The number of hydrogen-bond acceptors (Lipinski definition) is 5. The Morgan fingerprint density at radius 2 is 2.35 bits per heavy atom. The number of thioether (sulfide) groups is 1. The molecule has 7 heteroatoms. The van der Waals surface area contributed by atoms with E-state index < -0.39 is 11.9 Å². The van der Waals surface area contributed by atoms with Crippen LogP contribution in [0.4, 0.5) is 0 Å². The van der Waals surface area contributed by atoms with Crippen molar-refractivity contribution in [2.24, 2.45) is 0 Å². The molecule has 0 aliphatic carbocycles. The summed E-state index contributed by atoms with van der Waals surface area (Å²) in [5.41, 5.74) is -0.0412. The van der Waals surface area contributed by atoms with E-state index in [1.807, 2.05) is 0 Å². The molecule has 0 bridgehead atoms. The van der Waals surface area contributed by atoms with Gasteiger partial charge in [0.1, 0.15) is 6.26 Å². The number of carbonyl (C=O) groups is 3. The zero-order chi connectivity index (χ0) is 12.6. The molecule has 1 fully saturated rings. The summed E-state index contributed by atoms with van der Waals surface area (Å²) in [6, 6.07) is 0. The lowest BCUT2D eigenvalue weighted by Crippen LogP contribution is -2.49. The van der Waals surface area contributed by atoms with Crippen LogP contribution in [0.15, 0.2) is 22.9 Å². The maximum absolute atomic E-state index is 11.2. The van der Waals surface area contributed by atoms with Gasteiger partial charge in [0.05, 0.1) is 22.3 Å². The summed E-state index contributed by atoms with van der Waals surface area (Å²) in [5, 5.41) is 8.90. The van der Waals surface area contributed by atoms with Crippen LogP contribution < -0.4 is 0 Å². The first kappa shape index (κ1) is 11.7. The molecule has 0 spiro atoms. The summed E-state index contributed by atoms with van der Waals surface area (Å²) in [6.07, 6.45) is 2.77. The predicted octanol–water partition coefficient (Wildman–Crippen LogP) is 0.665. The van der Waals surface area contributed by atoms with Gasteiger partial charge in [0.15, 0.2) is 0 Å². The molecule has 2 heterocycles. The van der Waals surface area contributed by atoms with Crippen LogP contribution in [0.1, 0.15) is 13.3 Å². The van der Waals surface area contributed by atoms with E-state index in [-0.39, 0.29) is 16.9 Å². The predicted molar refractivity (Wildman–Crippen MR) is 58.4 cm³/mol. The van der Waals surface area contributed by atoms with Crippen LogP contribution in [0.3, 0.4) is 0 Å². The molecule has 0 aromatic carbocycles. The van der Waals surface area contributed by atoms with Gasteiger partial charge in [-0.05, 0) is 0 Å². The third kappa shape index (κ3) is 2.19. The van der Waals surface area contributed by atoms with E-state index in [4.69, 9.17) is 5.11 Å². The molecule has 0 aromatic rings. The topological polar surface area (TPSA) is 83.9 Å². The van der Waals surface area contributed by atoms with Gasteiger partial charge in [-0.3, -0.25) is 9.59 Å². The molecule has 1 amide bonds. The van der Waals surface area contributed by atoms with E-state index in [0.29, 0.717) is 11.3 Å². The smallest absolute Gasteiger partial charge is 0.338 e. The molecule has 0 radical (unpaired) electrons. The number of rotatable bonds is 2. The first-order chi connectivity index (χ1) is 7.99. The van der Waals surface area contributed by atoms with E-state index in [1.54, 1.807) is 0 Å². The van der Waals surface area contributed by atoms with Crippen LogP contribution in [0, 0.1) is 0 Å². The third-order valence-electron chi connectivity index (χ3n) is 2.31. The Labute approximate surface area is 101 Å². The van der Waals surface area contributed by atoms with Crippen LogP contribution in [-0.2, 0) is 19.1 Å². The number of aliphatic carboxylic acids is 1. The van der Waals surface area contributed by atoms with Crippen molar-refractivity contribution >= 4 is 29.6 Å². The number of fused-ring (bicyclic) bond motifs is 1. The maximum atomic E-state index is 11.2. The van der Waals surface area contributed by atoms with Gasteiger partial charge < -0.3 is 14.7 Å². The van der Waals surface area contributed by atoms with Crippen LogP contribution >= 0.6 is 11.8 Å². The monoisotopic (exact) mass is 255 g/mol. The number of carboxylic acid groups (broad SMARTS) is 1. The molecule has 1 atom stereocenters. The minimum Gasteiger partial charge on any atom is -0.478 e. The van der Waals surface area contributed by atoms with E-state index in [2.05, 4.69) is 4.74 Å². The highest BCUT2D eigenvalue weighted by molar-refractivity contribution is 8.04. The van der Waals surface area contributed by atoms with Crippen molar-refractivity contribution in [1.82, 2.24) is 4.90 Å². The summed E-state index contributed by atoms with van der Waals surface area (Å²) >= 11 is 1.20. The quantitative estimate of drug-likeness (QED) is 0.443. The number of carbonyl (C=O) groups excluding carboxylic acids is 2. The summed E-state index contributed by atoms with van der Waals surface area (Å²) < 4.78 is 4.67. The van der Waals surface area contributed by atoms with Crippen molar-refractivity contribution in [3.05, 3.63) is 22.9 Å². The highest BCUT2D eigenvalue weighted by Gasteiger charge is 2.41. The second-order valence-corrected chi connectivity index (χ2v) is 4.74. The lowest BCUT2D eigenvalue weighted by Gasteiger charge is -2.40. The Bertz CT molecular complexity index is 467. The summed E-state index contributed by atoms with van der Waals surface area (Å²) in [6.45, 7) is 1.23. The lowest BCUT2D eigenvalue weighted by molar-refractivity contribution is -0.138. The second-order valence-electron chi connectivity index (χ2n) is 3.52. The van der Waals surface area contributed by atoms with Gasteiger partial charge in [-0.25, -0.2) is 4.79 Å². The molecule has 0 aromatic heterocycles. The number of amides is 1. The number of carboxylic acids is 1. The average molecular weight is 255 g/mol. The van der Waals surface area contributed by atoms with Crippen LogP contribution in [0.2, 0.25) is 0 Å².